The molecule has 1 radical (unpaired) electrons. The van der Waals surface area contributed by atoms with Crippen molar-refractivity contribution in [1.82, 2.24) is 0 Å². The van der Waals surface area contributed by atoms with Gasteiger partial charge in [0.1, 0.15) is 7.28 Å². The standard InChI is InChI=1S/C18H34B/c1-11-7-9-13(3)17(15(11)5)19-18-14(4)10-8-12(2)16(18)6/h11-18H,7-10H2,1-6H3/t11-,12-,13+,14+,15-,16-,17-,18-/m1/s1. The lowest BCUT2D eigenvalue weighted by Gasteiger charge is -2.45. The molecular formula is C18H34B. The molecule has 0 aliphatic heterocycles. The molecule has 0 spiro atoms. The van der Waals surface area contributed by atoms with Crippen molar-refractivity contribution in [1.29, 1.82) is 0 Å². The van der Waals surface area contributed by atoms with Gasteiger partial charge in [0.25, 0.3) is 0 Å². The third kappa shape index (κ3) is 3.22. The fourth-order valence-corrected chi connectivity index (χ4v) is 4.74. The molecule has 109 valence electrons. The van der Waals surface area contributed by atoms with Gasteiger partial charge in [-0.05, 0) is 35.5 Å². The minimum atomic E-state index is 0.865. The number of rotatable bonds is 2. The van der Waals surface area contributed by atoms with Crippen LogP contribution in [0.15, 0.2) is 0 Å². The molecule has 0 amide bonds. The lowest BCUT2D eigenvalue weighted by Crippen LogP contribution is -2.37. The van der Waals surface area contributed by atoms with Gasteiger partial charge in [-0.3, -0.25) is 0 Å². The SMILES string of the molecule is C[C@H]1[C@H]([B][C@H]2[C@H](C)[C@H](C)CC[C@@H]2C)[C@@H](C)CC[C@H]1C. The summed E-state index contributed by atoms with van der Waals surface area (Å²) in [4.78, 5) is 0. The van der Waals surface area contributed by atoms with Gasteiger partial charge in [0.15, 0.2) is 0 Å². The second kappa shape index (κ2) is 6.23. The van der Waals surface area contributed by atoms with E-state index in [0.717, 1.165) is 47.1 Å². The van der Waals surface area contributed by atoms with Crippen LogP contribution in [0, 0.1) is 35.5 Å². The summed E-state index contributed by atoms with van der Waals surface area (Å²) in [7, 11) is 2.82. The van der Waals surface area contributed by atoms with Crippen molar-refractivity contribution in [2.75, 3.05) is 0 Å². The quantitative estimate of drug-likeness (QED) is 0.561. The Morgan fingerprint density at radius 2 is 0.842 bits per heavy atom. The lowest BCUT2D eigenvalue weighted by molar-refractivity contribution is 0.196. The highest BCUT2D eigenvalue weighted by Gasteiger charge is 2.39. The van der Waals surface area contributed by atoms with Crippen molar-refractivity contribution in [2.45, 2.75) is 78.9 Å². The fourth-order valence-electron chi connectivity index (χ4n) is 4.74. The van der Waals surface area contributed by atoms with Gasteiger partial charge in [-0.2, -0.15) is 0 Å². The van der Waals surface area contributed by atoms with Crippen LogP contribution in [0.1, 0.15) is 67.2 Å². The molecule has 2 aliphatic carbocycles. The fraction of sp³-hybridized carbons (Fsp3) is 1.00. The molecule has 0 bridgehead atoms. The Labute approximate surface area is 122 Å². The molecule has 0 N–H and O–H groups in total. The third-order valence-electron chi connectivity index (χ3n) is 6.92. The summed E-state index contributed by atoms with van der Waals surface area (Å²) in [5.41, 5.74) is 0. The van der Waals surface area contributed by atoms with E-state index in [0.29, 0.717) is 0 Å². The Bertz CT molecular complexity index is 259. The van der Waals surface area contributed by atoms with Crippen molar-refractivity contribution in [2.24, 2.45) is 35.5 Å². The zero-order chi connectivity index (χ0) is 14.2. The largest absolute Gasteiger partial charge is 0.119 e. The van der Waals surface area contributed by atoms with Crippen molar-refractivity contribution in [3.8, 4) is 0 Å². The molecular weight excluding hydrogens is 227 g/mol. The molecule has 0 aromatic heterocycles. The van der Waals surface area contributed by atoms with Crippen LogP contribution in [-0.4, -0.2) is 7.28 Å². The van der Waals surface area contributed by atoms with Crippen LogP contribution in [0.5, 0.6) is 0 Å². The van der Waals surface area contributed by atoms with Crippen molar-refractivity contribution in [3.63, 3.8) is 0 Å². The molecule has 8 atom stereocenters. The van der Waals surface area contributed by atoms with Crippen LogP contribution in [0.25, 0.3) is 0 Å². The van der Waals surface area contributed by atoms with E-state index < -0.39 is 0 Å². The second-order valence-corrected chi connectivity index (χ2v) is 8.13. The first-order valence-corrected chi connectivity index (χ1v) is 8.76. The van der Waals surface area contributed by atoms with Crippen LogP contribution in [-0.2, 0) is 0 Å². The first-order valence-electron chi connectivity index (χ1n) is 8.76. The summed E-state index contributed by atoms with van der Waals surface area (Å²) in [5, 5.41) is 0. The molecule has 2 fully saturated rings. The van der Waals surface area contributed by atoms with Crippen LogP contribution in [0.4, 0.5) is 0 Å². The van der Waals surface area contributed by atoms with Gasteiger partial charge < -0.3 is 0 Å². The Morgan fingerprint density at radius 3 is 1.21 bits per heavy atom. The summed E-state index contributed by atoms with van der Waals surface area (Å²) in [6, 6.07) is 0. The van der Waals surface area contributed by atoms with E-state index in [-0.39, 0.29) is 0 Å². The van der Waals surface area contributed by atoms with E-state index in [2.05, 4.69) is 48.8 Å². The molecule has 0 aromatic carbocycles. The molecule has 0 saturated heterocycles. The lowest BCUT2D eigenvalue weighted by atomic mass is 9.39. The smallest absolute Gasteiger partial charge is 0.0633 e. The average molecular weight is 261 g/mol. The zero-order valence-electron chi connectivity index (χ0n) is 14.0. The van der Waals surface area contributed by atoms with Crippen LogP contribution >= 0.6 is 0 Å². The van der Waals surface area contributed by atoms with Crippen molar-refractivity contribution >= 4 is 7.28 Å². The summed E-state index contributed by atoms with van der Waals surface area (Å²) in [5.74, 6) is 7.16. The van der Waals surface area contributed by atoms with Crippen LogP contribution in [0.3, 0.4) is 0 Å². The first-order chi connectivity index (χ1) is 8.91. The van der Waals surface area contributed by atoms with E-state index >= 15 is 0 Å². The number of hydrogen-bond donors (Lipinski definition) is 0. The summed E-state index contributed by atoms with van der Waals surface area (Å²) in [6.07, 6.45) is 5.77. The normalized spacial score (nSPS) is 51.9. The van der Waals surface area contributed by atoms with Crippen LogP contribution < -0.4 is 0 Å². The summed E-state index contributed by atoms with van der Waals surface area (Å²) >= 11 is 0. The first kappa shape index (κ1) is 15.5. The second-order valence-electron chi connectivity index (χ2n) is 8.13. The number of hydrogen-bond acceptors (Lipinski definition) is 0. The van der Waals surface area contributed by atoms with Crippen LogP contribution in [0.2, 0.25) is 11.6 Å². The van der Waals surface area contributed by atoms with E-state index in [1.165, 1.54) is 25.7 Å². The Balaban J connectivity index is 2.05. The summed E-state index contributed by atoms with van der Waals surface area (Å²) < 4.78 is 0. The highest BCUT2D eigenvalue weighted by molar-refractivity contribution is 6.40. The van der Waals surface area contributed by atoms with Gasteiger partial charge in [0.2, 0.25) is 0 Å². The van der Waals surface area contributed by atoms with Crippen molar-refractivity contribution in [3.05, 3.63) is 0 Å². The molecule has 19 heavy (non-hydrogen) atoms. The van der Waals surface area contributed by atoms with Gasteiger partial charge in [-0.1, -0.05) is 78.9 Å². The predicted molar refractivity (Wildman–Crippen MR) is 86.7 cm³/mol. The molecule has 2 aliphatic rings. The molecule has 0 heterocycles. The Morgan fingerprint density at radius 1 is 0.526 bits per heavy atom. The Hall–Kier alpha value is 0.0649. The topological polar surface area (TPSA) is 0 Å². The Kier molecular flexibility index (Phi) is 5.07. The van der Waals surface area contributed by atoms with Gasteiger partial charge in [-0.15, -0.1) is 0 Å². The molecule has 0 unspecified atom stereocenters. The van der Waals surface area contributed by atoms with Crippen molar-refractivity contribution < 1.29 is 0 Å². The molecule has 0 nitrogen and oxygen atoms in total. The zero-order valence-corrected chi connectivity index (χ0v) is 14.0. The highest BCUT2D eigenvalue weighted by Crippen LogP contribution is 2.49. The van der Waals surface area contributed by atoms with E-state index in [4.69, 9.17) is 0 Å². The van der Waals surface area contributed by atoms with E-state index in [9.17, 15) is 0 Å². The highest BCUT2D eigenvalue weighted by atomic mass is 14.4. The minimum Gasteiger partial charge on any atom is -0.0633 e. The monoisotopic (exact) mass is 261 g/mol. The van der Waals surface area contributed by atoms with Gasteiger partial charge in [0.05, 0.1) is 0 Å². The molecule has 0 aromatic rings. The third-order valence-corrected chi connectivity index (χ3v) is 6.92. The van der Waals surface area contributed by atoms with Gasteiger partial charge in [-0.25, -0.2) is 0 Å². The molecule has 1 heteroatoms. The maximum Gasteiger partial charge on any atom is 0.119 e. The van der Waals surface area contributed by atoms with E-state index in [1.54, 1.807) is 0 Å². The van der Waals surface area contributed by atoms with E-state index in [1.807, 2.05) is 0 Å². The van der Waals surface area contributed by atoms with Gasteiger partial charge in [0, 0.05) is 0 Å². The summed E-state index contributed by atoms with van der Waals surface area (Å²) in [6.45, 7) is 14.9. The predicted octanol–water partition coefficient (Wildman–Crippen LogP) is 5.67. The maximum atomic E-state index is 2.82. The molecule has 2 saturated carbocycles. The average Bonchev–Trinajstić information content (AvgIpc) is 2.38. The van der Waals surface area contributed by atoms with Gasteiger partial charge >= 0.3 is 0 Å². The maximum absolute atomic E-state index is 2.82. The minimum absolute atomic E-state index is 0.865. The molecule has 2 rings (SSSR count).